The maximum atomic E-state index is 11.0. The van der Waals surface area contributed by atoms with Gasteiger partial charge in [-0.05, 0) is 124 Å². The summed E-state index contributed by atoms with van der Waals surface area (Å²) >= 11 is 0. The second-order valence-corrected chi connectivity index (χ2v) is 13.5. The highest BCUT2D eigenvalue weighted by atomic mass is 16.5. The van der Waals surface area contributed by atoms with Crippen LogP contribution in [0.15, 0.2) is 11.6 Å². The first-order chi connectivity index (χ1) is 15.1. The summed E-state index contributed by atoms with van der Waals surface area (Å²) in [5, 5.41) is 21.7. The molecule has 0 amide bonds. The fourth-order valence-corrected chi connectivity index (χ4v) is 9.48. The van der Waals surface area contributed by atoms with E-state index in [1.54, 1.807) is 5.57 Å². The largest absolute Gasteiger partial charge is 0.390 e. The lowest BCUT2D eigenvalue weighted by atomic mass is 9.46. The van der Waals surface area contributed by atoms with Crippen molar-refractivity contribution in [1.29, 1.82) is 0 Å². The predicted octanol–water partition coefficient (Wildman–Crippen LogP) is 6.27. The summed E-state index contributed by atoms with van der Waals surface area (Å²) in [4.78, 5) is 0. The minimum atomic E-state index is -0.496. The third-order valence-corrected chi connectivity index (χ3v) is 11.6. The van der Waals surface area contributed by atoms with E-state index >= 15 is 0 Å². The highest BCUT2D eigenvalue weighted by Crippen LogP contribution is 2.67. The summed E-state index contributed by atoms with van der Waals surface area (Å²) in [6.07, 6.45) is 16.1. The molecule has 3 saturated carbocycles. The molecule has 0 bridgehead atoms. The average Bonchev–Trinajstić information content (AvgIpc) is 3.10. The van der Waals surface area contributed by atoms with Crippen molar-refractivity contribution in [2.24, 2.45) is 40.4 Å². The van der Waals surface area contributed by atoms with Crippen LogP contribution in [0.4, 0.5) is 0 Å². The molecule has 8 atom stereocenters. The van der Waals surface area contributed by atoms with Gasteiger partial charge in [0.2, 0.25) is 0 Å². The van der Waals surface area contributed by atoms with Crippen LogP contribution < -0.4 is 0 Å². The Kier molecular flexibility index (Phi) is 5.91. The summed E-state index contributed by atoms with van der Waals surface area (Å²) in [7, 11) is 0. The SMILES string of the molecule is CC(CCC1(O)CCOCC1)[C@H]1CCC2C3CC=C4C[C@@](C)(O)CCC4(C)C3CCC21C. The van der Waals surface area contributed by atoms with Crippen molar-refractivity contribution >= 4 is 0 Å². The van der Waals surface area contributed by atoms with Crippen LogP contribution in [0, 0.1) is 40.4 Å². The molecule has 0 aromatic carbocycles. The Bertz CT molecular complexity index is 735. The van der Waals surface area contributed by atoms with E-state index in [4.69, 9.17) is 4.74 Å². The Morgan fingerprint density at radius 2 is 1.72 bits per heavy atom. The van der Waals surface area contributed by atoms with Crippen LogP contribution in [0.25, 0.3) is 0 Å². The van der Waals surface area contributed by atoms with E-state index in [2.05, 4.69) is 26.8 Å². The zero-order valence-corrected chi connectivity index (χ0v) is 21.2. The molecule has 0 radical (unpaired) electrons. The molecule has 182 valence electrons. The van der Waals surface area contributed by atoms with Gasteiger partial charge in [0.05, 0.1) is 11.2 Å². The predicted molar refractivity (Wildman–Crippen MR) is 129 cm³/mol. The van der Waals surface area contributed by atoms with E-state index in [9.17, 15) is 10.2 Å². The molecule has 2 N–H and O–H groups in total. The van der Waals surface area contributed by atoms with Crippen molar-refractivity contribution in [3.8, 4) is 0 Å². The molecule has 1 saturated heterocycles. The summed E-state index contributed by atoms with van der Waals surface area (Å²) in [6.45, 7) is 11.1. The first-order valence-corrected chi connectivity index (χ1v) is 13.8. The zero-order valence-electron chi connectivity index (χ0n) is 21.2. The fourth-order valence-electron chi connectivity index (χ4n) is 9.48. The van der Waals surface area contributed by atoms with Crippen LogP contribution in [-0.2, 0) is 4.74 Å². The quantitative estimate of drug-likeness (QED) is 0.502. The molecule has 6 unspecified atom stereocenters. The number of hydrogen-bond donors (Lipinski definition) is 2. The van der Waals surface area contributed by atoms with E-state index in [0.29, 0.717) is 16.7 Å². The van der Waals surface area contributed by atoms with Crippen molar-refractivity contribution in [2.75, 3.05) is 13.2 Å². The second kappa shape index (κ2) is 8.09. The van der Waals surface area contributed by atoms with Gasteiger partial charge in [-0.15, -0.1) is 0 Å². The first kappa shape index (κ1) is 23.4. The Labute approximate surface area is 196 Å². The molecule has 3 nitrogen and oxygen atoms in total. The van der Waals surface area contributed by atoms with Gasteiger partial charge in [-0.25, -0.2) is 0 Å². The van der Waals surface area contributed by atoms with Crippen LogP contribution in [0.3, 0.4) is 0 Å². The van der Waals surface area contributed by atoms with Gasteiger partial charge < -0.3 is 14.9 Å². The van der Waals surface area contributed by atoms with Crippen LogP contribution in [0.1, 0.15) is 105 Å². The summed E-state index contributed by atoms with van der Waals surface area (Å²) in [5.74, 6) is 4.01. The molecule has 0 aromatic heterocycles. The van der Waals surface area contributed by atoms with Crippen LogP contribution >= 0.6 is 0 Å². The Morgan fingerprint density at radius 3 is 2.47 bits per heavy atom. The fraction of sp³-hybridized carbons (Fsp3) is 0.931. The lowest BCUT2D eigenvalue weighted by Gasteiger charge is -2.59. The molecular formula is C29H48O3. The minimum Gasteiger partial charge on any atom is -0.390 e. The highest BCUT2D eigenvalue weighted by molar-refractivity contribution is 5.26. The summed E-state index contributed by atoms with van der Waals surface area (Å²) < 4.78 is 5.49. The summed E-state index contributed by atoms with van der Waals surface area (Å²) in [5.41, 5.74) is 1.39. The maximum absolute atomic E-state index is 11.0. The van der Waals surface area contributed by atoms with Crippen LogP contribution in [0.5, 0.6) is 0 Å². The molecule has 4 aliphatic carbocycles. The Hall–Kier alpha value is -0.380. The number of allylic oxidation sites excluding steroid dienone is 1. The topological polar surface area (TPSA) is 49.7 Å². The van der Waals surface area contributed by atoms with Gasteiger partial charge in [0.25, 0.3) is 0 Å². The van der Waals surface area contributed by atoms with E-state index < -0.39 is 11.2 Å². The molecule has 5 rings (SSSR count). The third-order valence-electron chi connectivity index (χ3n) is 11.6. The molecule has 32 heavy (non-hydrogen) atoms. The zero-order chi connectivity index (χ0) is 22.8. The molecule has 5 aliphatic rings. The number of fused-ring (bicyclic) bond motifs is 5. The van der Waals surface area contributed by atoms with Gasteiger partial charge >= 0.3 is 0 Å². The van der Waals surface area contributed by atoms with E-state index in [-0.39, 0.29) is 0 Å². The molecule has 0 spiro atoms. The van der Waals surface area contributed by atoms with E-state index in [0.717, 1.165) is 75.4 Å². The molecule has 4 fully saturated rings. The van der Waals surface area contributed by atoms with E-state index in [1.807, 2.05) is 6.92 Å². The van der Waals surface area contributed by atoms with Gasteiger partial charge in [0.15, 0.2) is 0 Å². The number of rotatable bonds is 4. The first-order valence-electron chi connectivity index (χ1n) is 13.8. The Morgan fingerprint density at radius 1 is 0.969 bits per heavy atom. The van der Waals surface area contributed by atoms with Crippen LogP contribution in [0.2, 0.25) is 0 Å². The van der Waals surface area contributed by atoms with Crippen molar-refractivity contribution in [1.82, 2.24) is 0 Å². The number of ether oxygens (including phenoxy) is 1. The second-order valence-electron chi connectivity index (χ2n) is 13.5. The third kappa shape index (κ3) is 3.83. The molecule has 1 heterocycles. The molecule has 1 aliphatic heterocycles. The minimum absolute atomic E-state index is 0.322. The van der Waals surface area contributed by atoms with Gasteiger partial charge in [0, 0.05) is 13.2 Å². The molecule has 3 heteroatoms. The average molecular weight is 445 g/mol. The van der Waals surface area contributed by atoms with Crippen molar-refractivity contribution in [3.05, 3.63) is 11.6 Å². The maximum Gasteiger partial charge on any atom is 0.0691 e. The van der Waals surface area contributed by atoms with Gasteiger partial charge in [-0.3, -0.25) is 0 Å². The highest BCUT2D eigenvalue weighted by Gasteiger charge is 2.59. The normalized spacial score (nSPS) is 48.9. The van der Waals surface area contributed by atoms with Gasteiger partial charge in [-0.2, -0.15) is 0 Å². The monoisotopic (exact) mass is 444 g/mol. The number of hydrogen-bond acceptors (Lipinski definition) is 3. The number of aliphatic hydroxyl groups is 2. The van der Waals surface area contributed by atoms with Crippen molar-refractivity contribution in [2.45, 2.75) is 116 Å². The Balaban J connectivity index is 1.29. The van der Waals surface area contributed by atoms with Gasteiger partial charge in [-0.1, -0.05) is 32.4 Å². The van der Waals surface area contributed by atoms with Gasteiger partial charge in [0.1, 0.15) is 0 Å². The standard InChI is InChI=1S/C29H48O3/c1-20(9-12-29(31)15-17-32-18-16-29)23-7-8-24-22-6-5-21-19-26(2,30)13-14-27(21,3)25(22)10-11-28(23,24)4/h5,20,22-25,30-31H,6-19H2,1-4H3/t20?,22?,23-,24?,25?,26+,27?,28?/m1/s1. The lowest BCUT2D eigenvalue weighted by molar-refractivity contribution is -0.0804. The molecular weight excluding hydrogens is 396 g/mol. The summed E-state index contributed by atoms with van der Waals surface area (Å²) in [6, 6.07) is 0. The van der Waals surface area contributed by atoms with E-state index in [1.165, 1.54) is 38.5 Å². The lowest BCUT2D eigenvalue weighted by Crippen LogP contribution is -2.52. The molecule has 0 aromatic rings. The van der Waals surface area contributed by atoms with Crippen LogP contribution in [-0.4, -0.2) is 34.6 Å². The van der Waals surface area contributed by atoms with Crippen molar-refractivity contribution < 1.29 is 14.9 Å². The van der Waals surface area contributed by atoms with Crippen molar-refractivity contribution in [3.63, 3.8) is 0 Å². The smallest absolute Gasteiger partial charge is 0.0691 e.